The number of carbonyl (C=O) groups is 3. The zero-order valence-electron chi connectivity index (χ0n) is 9.28. The van der Waals surface area contributed by atoms with Crippen molar-refractivity contribution in [1.82, 2.24) is 10.6 Å². The van der Waals surface area contributed by atoms with Gasteiger partial charge in [0.2, 0.25) is 0 Å². The third kappa shape index (κ3) is 5.84. The highest BCUT2D eigenvalue weighted by Crippen LogP contribution is 1.90. The molecule has 7 heteroatoms. The molecule has 0 aromatic rings. The highest BCUT2D eigenvalue weighted by atomic mass is 16.5. The SMILES string of the molecule is CCOC(=O)CNC(=O)N[C@H](CC)C(=O)O. The number of carboxylic acid groups (broad SMARTS) is 1. The minimum atomic E-state index is -1.12. The number of hydrogen-bond donors (Lipinski definition) is 3. The Morgan fingerprint density at radius 2 is 1.94 bits per heavy atom. The van der Waals surface area contributed by atoms with E-state index in [0.29, 0.717) is 0 Å². The van der Waals surface area contributed by atoms with E-state index in [2.05, 4.69) is 15.4 Å². The van der Waals surface area contributed by atoms with Crippen LogP contribution in [-0.2, 0) is 14.3 Å². The number of rotatable bonds is 6. The van der Waals surface area contributed by atoms with Crippen LogP contribution in [0.15, 0.2) is 0 Å². The molecule has 0 bridgehead atoms. The lowest BCUT2D eigenvalue weighted by Crippen LogP contribution is -2.47. The molecule has 2 amide bonds. The fourth-order valence-electron chi connectivity index (χ4n) is 0.912. The molecule has 0 aliphatic rings. The van der Waals surface area contributed by atoms with Crippen LogP contribution in [0.3, 0.4) is 0 Å². The maximum atomic E-state index is 11.1. The molecule has 0 aliphatic heterocycles. The molecule has 0 rings (SSSR count). The van der Waals surface area contributed by atoms with Gasteiger partial charge in [-0.3, -0.25) is 4.79 Å². The van der Waals surface area contributed by atoms with E-state index in [1.54, 1.807) is 13.8 Å². The lowest BCUT2D eigenvalue weighted by Gasteiger charge is -2.12. The van der Waals surface area contributed by atoms with Crippen LogP contribution in [0.25, 0.3) is 0 Å². The quantitative estimate of drug-likeness (QED) is 0.546. The number of carboxylic acids is 1. The maximum Gasteiger partial charge on any atom is 0.326 e. The van der Waals surface area contributed by atoms with Gasteiger partial charge in [-0.25, -0.2) is 9.59 Å². The highest BCUT2D eigenvalue weighted by molar-refractivity contribution is 5.84. The van der Waals surface area contributed by atoms with E-state index in [1.807, 2.05) is 0 Å². The third-order valence-corrected chi connectivity index (χ3v) is 1.71. The lowest BCUT2D eigenvalue weighted by molar-refractivity contribution is -0.141. The molecule has 3 N–H and O–H groups in total. The van der Waals surface area contributed by atoms with Gasteiger partial charge in [0.15, 0.2) is 0 Å². The number of esters is 1. The first kappa shape index (κ1) is 14.2. The Kier molecular flexibility index (Phi) is 6.66. The number of amides is 2. The van der Waals surface area contributed by atoms with E-state index in [9.17, 15) is 14.4 Å². The predicted molar refractivity (Wildman–Crippen MR) is 54.9 cm³/mol. The summed E-state index contributed by atoms with van der Waals surface area (Å²) in [5.74, 6) is -1.69. The number of carbonyl (C=O) groups excluding carboxylic acids is 2. The van der Waals surface area contributed by atoms with Gasteiger partial charge in [0.25, 0.3) is 0 Å². The number of nitrogens with one attached hydrogen (secondary N) is 2. The molecule has 0 aliphatic carbocycles. The summed E-state index contributed by atoms with van der Waals surface area (Å²) in [6.45, 7) is 3.23. The second kappa shape index (κ2) is 7.49. The van der Waals surface area contributed by atoms with Gasteiger partial charge in [0.1, 0.15) is 12.6 Å². The van der Waals surface area contributed by atoms with Crippen LogP contribution in [0.5, 0.6) is 0 Å². The molecule has 0 unspecified atom stereocenters. The monoisotopic (exact) mass is 232 g/mol. The van der Waals surface area contributed by atoms with E-state index in [4.69, 9.17) is 5.11 Å². The second-order valence-electron chi connectivity index (χ2n) is 2.93. The van der Waals surface area contributed by atoms with Crippen LogP contribution in [-0.4, -0.2) is 42.3 Å². The molecule has 0 aromatic carbocycles. The molecule has 0 aromatic heterocycles. The Morgan fingerprint density at radius 3 is 2.38 bits per heavy atom. The minimum absolute atomic E-state index is 0.231. The van der Waals surface area contributed by atoms with Crippen LogP contribution < -0.4 is 10.6 Å². The Balaban J connectivity index is 3.89. The molecule has 16 heavy (non-hydrogen) atoms. The molecule has 0 heterocycles. The molecular weight excluding hydrogens is 216 g/mol. The summed E-state index contributed by atoms with van der Waals surface area (Å²) in [6.07, 6.45) is 0.266. The number of aliphatic carboxylic acids is 1. The van der Waals surface area contributed by atoms with Crippen LogP contribution in [0.1, 0.15) is 20.3 Å². The van der Waals surface area contributed by atoms with E-state index >= 15 is 0 Å². The van der Waals surface area contributed by atoms with Crippen LogP contribution in [0.4, 0.5) is 4.79 Å². The summed E-state index contributed by atoms with van der Waals surface area (Å²) in [5.41, 5.74) is 0. The van der Waals surface area contributed by atoms with E-state index in [0.717, 1.165) is 0 Å². The molecule has 92 valence electrons. The molecular formula is C9H16N2O5. The third-order valence-electron chi connectivity index (χ3n) is 1.71. The summed E-state index contributed by atoms with van der Waals surface area (Å²) < 4.78 is 4.57. The summed E-state index contributed by atoms with van der Waals surface area (Å²) in [6, 6.07) is -1.66. The fraction of sp³-hybridized carbons (Fsp3) is 0.667. The maximum absolute atomic E-state index is 11.1. The number of hydrogen-bond acceptors (Lipinski definition) is 4. The summed E-state index contributed by atoms with van der Waals surface area (Å²) in [5, 5.41) is 13.1. The fourth-order valence-corrected chi connectivity index (χ4v) is 0.912. The molecule has 0 radical (unpaired) electrons. The molecule has 7 nitrogen and oxygen atoms in total. The van der Waals surface area contributed by atoms with Gasteiger partial charge in [-0.15, -0.1) is 0 Å². The average molecular weight is 232 g/mol. The molecule has 0 spiro atoms. The Morgan fingerprint density at radius 1 is 1.31 bits per heavy atom. The van der Waals surface area contributed by atoms with Gasteiger partial charge in [-0.1, -0.05) is 6.92 Å². The van der Waals surface area contributed by atoms with Crippen molar-refractivity contribution in [3.8, 4) is 0 Å². The Hall–Kier alpha value is -1.79. The van der Waals surface area contributed by atoms with Crippen molar-refractivity contribution in [2.75, 3.05) is 13.2 Å². The van der Waals surface area contributed by atoms with Gasteiger partial charge in [0, 0.05) is 0 Å². The summed E-state index contributed by atoms with van der Waals surface area (Å²) in [7, 11) is 0. The van der Waals surface area contributed by atoms with Crippen molar-refractivity contribution in [1.29, 1.82) is 0 Å². The normalized spacial score (nSPS) is 11.4. The van der Waals surface area contributed by atoms with E-state index in [-0.39, 0.29) is 19.6 Å². The molecule has 1 atom stereocenters. The topological polar surface area (TPSA) is 105 Å². The Bertz CT molecular complexity index is 267. The highest BCUT2D eigenvalue weighted by Gasteiger charge is 2.17. The molecule has 0 fully saturated rings. The first-order valence-electron chi connectivity index (χ1n) is 4.94. The molecule has 0 saturated heterocycles. The first-order valence-corrected chi connectivity index (χ1v) is 4.94. The number of urea groups is 1. The van der Waals surface area contributed by atoms with Crippen molar-refractivity contribution in [3.63, 3.8) is 0 Å². The largest absolute Gasteiger partial charge is 0.480 e. The van der Waals surface area contributed by atoms with Crippen molar-refractivity contribution in [2.24, 2.45) is 0 Å². The number of ether oxygens (including phenoxy) is 1. The van der Waals surface area contributed by atoms with Crippen molar-refractivity contribution < 1.29 is 24.2 Å². The minimum Gasteiger partial charge on any atom is -0.480 e. The van der Waals surface area contributed by atoms with E-state index in [1.165, 1.54) is 0 Å². The van der Waals surface area contributed by atoms with Crippen LogP contribution >= 0.6 is 0 Å². The summed E-state index contributed by atoms with van der Waals surface area (Å²) >= 11 is 0. The Labute approximate surface area is 93.2 Å². The van der Waals surface area contributed by atoms with Crippen LogP contribution in [0.2, 0.25) is 0 Å². The van der Waals surface area contributed by atoms with Crippen molar-refractivity contribution in [2.45, 2.75) is 26.3 Å². The van der Waals surface area contributed by atoms with Gasteiger partial charge in [-0.05, 0) is 13.3 Å². The van der Waals surface area contributed by atoms with Gasteiger partial charge < -0.3 is 20.5 Å². The lowest BCUT2D eigenvalue weighted by atomic mass is 10.2. The van der Waals surface area contributed by atoms with Gasteiger partial charge in [-0.2, -0.15) is 0 Å². The summed E-state index contributed by atoms with van der Waals surface area (Å²) in [4.78, 5) is 32.6. The second-order valence-corrected chi connectivity index (χ2v) is 2.93. The zero-order chi connectivity index (χ0) is 12.6. The predicted octanol–water partition coefficient (Wildman–Crippen LogP) is -0.288. The zero-order valence-corrected chi connectivity index (χ0v) is 9.28. The smallest absolute Gasteiger partial charge is 0.326 e. The van der Waals surface area contributed by atoms with Crippen molar-refractivity contribution in [3.05, 3.63) is 0 Å². The van der Waals surface area contributed by atoms with Gasteiger partial charge in [0.05, 0.1) is 6.61 Å². The van der Waals surface area contributed by atoms with E-state index < -0.39 is 24.0 Å². The standard InChI is InChI=1S/C9H16N2O5/c1-3-6(8(13)14)11-9(15)10-5-7(12)16-4-2/h6H,3-5H2,1-2H3,(H,13,14)(H2,10,11,15)/t6-/m1/s1. The van der Waals surface area contributed by atoms with Crippen molar-refractivity contribution >= 4 is 18.0 Å². The van der Waals surface area contributed by atoms with Crippen LogP contribution in [0, 0.1) is 0 Å². The first-order chi connectivity index (χ1) is 7.51. The molecule has 0 saturated carbocycles. The van der Waals surface area contributed by atoms with Gasteiger partial charge >= 0.3 is 18.0 Å². The average Bonchev–Trinajstić information content (AvgIpc) is 2.23.